The van der Waals surface area contributed by atoms with Crippen molar-refractivity contribution in [3.8, 4) is 11.3 Å². The lowest BCUT2D eigenvalue weighted by molar-refractivity contribution is -0.115. The van der Waals surface area contributed by atoms with E-state index in [-0.39, 0.29) is 5.91 Å². The lowest BCUT2D eigenvalue weighted by Crippen LogP contribution is -2.40. The largest absolute Gasteiger partial charge is 0.384 e. The molecule has 0 bridgehead atoms. The number of carbonyl (C=O) groups excluding carboxylic acids is 1. The molecule has 0 saturated heterocycles. The molecule has 7 nitrogen and oxygen atoms in total. The summed E-state index contributed by atoms with van der Waals surface area (Å²) in [5, 5.41) is 12.8. The van der Waals surface area contributed by atoms with Crippen LogP contribution in [0.4, 0.5) is 11.6 Å². The van der Waals surface area contributed by atoms with Crippen molar-refractivity contribution in [2.24, 2.45) is 5.92 Å². The van der Waals surface area contributed by atoms with Crippen molar-refractivity contribution in [3.05, 3.63) is 30.2 Å². The van der Waals surface area contributed by atoms with Crippen LogP contribution < -0.4 is 10.2 Å². The quantitative estimate of drug-likeness (QED) is 0.857. The molecule has 0 radical (unpaired) electrons. The molecule has 0 spiro atoms. The molecule has 3 heterocycles. The number of nitrogens with one attached hydrogen (secondary N) is 1. The third-order valence-electron chi connectivity index (χ3n) is 4.84. The average molecular weight is 353 g/mol. The zero-order valence-electron chi connectivity index (χ0n) is 15.1. The molecule has 0 atom stereocenters. The summed E-state index contributed by atoms with van der Waals surface area (Å²) in [5.74, 6) is 1.97. The molecule has 26 heavy (non-hydrogen) atoms. The molecule has 4 rings (SSSR count). The molecular formula is C19H23N5O2. The normalized spacial score (nSPS) is 17.0. The van der Waals surface area contributed by atoms with E-state index in [1.54, 1.807) is 32.3 Å². The Morgan fingerprint density at radius 3 is 2.73 bits per heavy atom. The van der Waals surface area contributed by atoms with E-state index in [0.29, 0.717) is 29.6 Å². The van der Waals surface area contributed by atoms with Gasteiger partial charge in [0.25, 0.3) is 0 Å². The summed E-state index contributed by atoms with van der Waals surface area (Å²) in [6.45, 7) is 4.54. The number of aromatic nitrogens is 3. The standard InChI is InChI=1S/C19H23N5O2/c1-19(2,26)15-6-5-13(9-20-15)14-10-21-17-18(22-14)24(11-16(25)23-17)8-7-12-3-4-12/h5-6,9-10,12,26H,3-4,7-8,11H2,1-2H3,(H,21,23,25). The fourth-order valence-corrected chi connectivity index (χ4v) is 3.08. The Labute approximate surface area is 152 Å². The van der Waals surface area contributed by atoms with Crippen molar-refractivity contribution < 1.29 is 9.90 Å². The molecule has 2 aromatic heterocycles. The number of rotatable bonds is 5. The maximum atomic E-state index is 11.9. The lowest BCUT2D eigenvalue weighted by Gasteiger charge is -2.29. The number of fused-ring (bicyclic) bond motifs is 1. The maximum Gasteiger partial charge on any atom is 0.245 e. The van der Waals surface area contributed by atoms with E-state index in [2.05, 4.69) is 15.3 Å². The first-order chi connectivity index (χ1) is 12.4. The van der Waals surface area contributed by atoms with Gasteiger partial charge >= 0.3 is 0 Å². The third-order valence-corrected chi connectivity index (χ3v) is 4.84. The van der Waals surface area contributed by atoms with Crippen molar-refractivity contribution in [3.63, 3.8) is 0 Å². The number of carbonyl (C=O) groups is 1. The molecule has 136 valence electrons. The molecule has 2 N–H and O–H groups in total. The Kier molecular flexibility index (Phi) is 4.11. The molecule has 0 unspecified atom stereocenters. The minimum Gasteiger partial charge on any atom is -0.384 e. The van der Waals surface area contributed by atoms with E-state index in [1.807, 2.05) is 11.0 Å². The summed E-state index contributed by atoms with van der Waals surface area (Å²) in [4.78, 5) is 27.4. The Balaban J connectivity index is 1.62. The number of hydrogen-bond acceptors (Lipinski definition) is 6. The summed E-state index contributed by atoms with van der Waals surface area (Å²) in [5.41, 5.74) is 1.15. The molecule has 2 aromatic rings. The average Bonchev–Trinajstić information content (AvgIpc) is 3.43. The fraction of sp³-hybridized carbons (Fsp3) is 0.474. The number of anilines is 2. The number of pyridine rings is 1. The van der Waals surface area contributed by atoms with Crippen molar-refractivity contribution in [2.75, 3.05) is 23.3 Å². The van der Waals surface area contributed by atoms with Crippen LogP contribution in [0, 0.1) is 5.92 Å². The monoisotopic (exact) mass is 353 g/mol. The van der Waals surface area contributed by atoms with E-state index < -0.39 is 5.60 Å². The Morgan fingerprint density at radius 1 is 1.27 bits per heavy atom. The predicted molar refractivity (Wildman–Crippen MR) is 98.7 cm³/mol. The van der Waals surface area contributed by atoms with Crippen LogP contribution in [0.2, 0.25) is 0 Å². The maximum absolute atomic E-state index is 11.9. The fourth-order valence-electron chi connectivity index (χ4n) is 3.08. The highest BCUT2D eigenvalue weighted by molar-refractivity contribution is 5.99. The first kappa shape index (κ1) is 16.9. The van der Waals surface area contributed by atoms with Gasteiger partial charge in [0, 0.05) is 18.3 Å². The smallest absolute Gasteiger partial charge is 0.245 e. The lowest BCUT2D eigenvalue weighted by atomic mass is 10.0. The van der Waals surface area contributed by atoms with Gasteiger partial charge in [-0.3, -0.25) is 9.78 Å². The van der Waals surface area contributed by atoms with Crippen LogP contribution in [0.25, 0.3) is 11.3 Å². The Morgan fingerprint density at radius 2 is 2.08 bits per heavy atom. The van der Waals surface area contributed by atoms with Gasteiger partial charge in [-0.2, -0.15) is 0 Å². The van der Waals surface area contributed by atoms with Crippen LogP contribution in [0.15, 0.2) is 24.5 Å². The SMILES string of the molecule is CC(C)(O)c1ccc(-c2cnc3c(n2)N(CCC2CC2)CC(=O)N3)cn1. The van der Waals surface area contributed by atoms with E-state index >= 15 is 0 Å². The second kappa shape index (κ2) is 6.32. The van der Waals surface area contributed by atoms with Gasteiger partial charge in [0.15, 0.2) is 11.6 Å². The van der Waals surface area contributed by atoms with E-state index in [9.17, 15) is 9.90 Å². The number of nitrogens with zero attached hydrogens (tertiary/aromatic N) is 4. The van der Waals surface area contributed by atoms with Crippen LogP contribution in [0.3, 0.4) is 0 Å². The summed E-state index contributed by atoms with van der Waals surface area (Å²) in [6, 6.07) is 3.68. The molecule has 1 fully saturated rings. The molecule has 1 aliphatic carbocycles. The van der Waals surface area contributed by atoms with Gasteiger partial charge in [0.2, 0.25) is 5.91 Å². The van der Waals surface area contributed by atoms with E-state index in [0.717, 1.165) is 24.4 Å². The minimum atomic E-state index is -0.982. The Bertz CT molecular complexity index is 825. The van der Waals surface area contributed by atoms with Crippen molar-refractivity contribution >= 4 is 17.5 Å². The van der Waals surface area contributed by atoms with Crippen LogP contribution in [-0.2, 0) is 10.4 Å². The first-order valence-corrected chi connectivity index (χ1v) is 9.01. The van der Waals surface area contributed by atoms with Crippen molar-refractivity contribution in [1.29, 1.82) is 0 Å². The highest BCUT2D eigenvalue weighted by atomic mass is 16.3. The van der Waals surface area contributed by atoms with Gasteiger partial charge in [0.05, 0.1) is 24.1 Å². The molecule has 1 saturated carbocycles. The summed E-state index contributed by atoms with van der Waals surface area (Å²) in [6.07, 6.45) is 7.00. The summed E-state index contributed by atoms with van der Waals surface area (Å²) in [7, 11) is 0. The third kappa shape index (κ3) is 3.53. The van der Waals surface area contributed by atoms with Crippen LogP contribution >= 0.6 is 0 Å². The van der Waals surface area contributed by atoms with Gasteiger partial charge in [-0.1, -0.05) is 12.8 Å². The van der Waals surface area contributed by atoms with Gasteiger partial charge < -0.3 is 15.3 Å². The van der Waals surface area contributed by atoms with E-state index in [4.69, 9.17) is 4.98 Å². The van der Waals surface area contributed by atoms with Gasteiger partial charge in [-0.05, 0) is 38.3 Å². The summed E-state index contributed by atoms with van der Waals surface area (Å²) < 4.78 is 0. The molecule has 0 aromatic carbocycles. The molecular weight excluding hydrogens is 330 g/mol. The van der Waals surface area contributed by atoms with Crippen molar-refractivity contribution in [1.82, 2.24) is 15.0 Å². The zero-order valence-corrected chi connectivity index (χ0v) is 15.1. The molecule has 7 heteroatoms. The highest BCUT2D eigenvalue weighted by Crippen LogP contribution is 2.34. The first-order valence-electron chi connectivity index (χ1n) is 9.01. The zero-order chi connectivity index (χ0) is 18.3. The summed E-state index contributed by atoms with van der Waals surface area (Å²) >= 11 is 0. The number of aliphatic hydroxyl groups is 1. The van der Waals surface area contributed by atoms with Gasteiger partial charge in [-0.25, -0.2) is 9.97 Å². The van der Waals surface area contributed by atoms with Crippen LogP contribution in [0.5, 0.6) is 0 Å². The van der Waals surface area contributed by atoms with Crippen LogP contribution in [0.1, 0.15) is 38.8 Å². The van der Waals surface area contributed by atoms with Gasteiger partial charge in [-0.15, -0.1) is 0 Å². The number of amides is 1. The predicted octanol–water partition coefficient (Wildman–Crippen LogP) is 2.32. The van der Waals surface area contributed by atoms with Gasteiger partial charge in [0.1, 0.15) is 5.60 Å². The van der Waals surface area contributed by atoms with Crippen LogP contribution in [-0.4, -0.2) is 39.1 Å². The molecule has 2 aliphatic rings. The van der Waals surface area contributed by atoms with E-state index in [1.165, 1.54) is 12.8 Å². The topological polar surface area (TPSA) is 91.2 Å². The number of hydrogen-bond donors (Lipinski definition) is 2. The molecule has 1 aliphatic heterocycles. The molecule has 1 amide bonds. The minimum absolute atomic E-state index is 0.0495. The second-order valence-electron chi connectivity index (χ2n) is 7.62. The van der Waals surface area contributed by atoms with Crippen molar-refractivity contribution in [2.45, 2.75) is 38.7 Å². The Hall–Kier alpha value is -2.54. The highest BCUT2D eigenvalue weighted by Gasteiger charge is 2.28. The second-order valence-corrected chi connectivity index (χ2v) is 7.62.